The fourth-order valence-corrected chi connectivity index (χ4v) is 2.69. The van der Waals surface area contributed by atoms with Gasteiger partial charge in [-0.2, -0.15) is 0 Å². The Hall–Kier alpha value is -0.540. The van der Waals surface area contributed by atoms with Crippen LogP contribution in [0.2, 0.25) is 0 Å². The van der Waals surface area contributed by atoms with Crippen molar-refractivity contribution in [3.05, 3.63) is 28.2 Å². The second kappa shape index (κ2) is 7.80. The van der Waals surface area contributed by atoms with E-state index < -0.39 is 0 Å². The van der Waals surface area contributed by atoms with E-state index in [1.165, 1.54) is 12.0 Å². The highest BCUT2D eigenvalue weighted by molar-refractivity contribution is 9.10. The molecule has 0 fully saturated rings. The quantitative estimate of drug-likeness (QED) is 0.825. The molecular weight excluding hydrogens is 290 g/mol. The summed E-state index contributed by atoms with van der Waals surface area (Å²) in [4.78, 5) is 0. The second-order valence-electron chi connectivity index (χ2n) is 5.31. The molecule has 0 amide bonds. The number of nitrogens with two attached hydrogens (primary N) is 1. The number of benzene rings is 1. The Morgan fingerprint density at radius 1 is 1.28 bits per heavy atom. The monoisotopic (exact) mass is 313 g/mol. The van der Waals surface area contributed by atoms with Crippen molar-refractivity contribution in [1.82, 2.24) is 0 Å². The van der Waals surface area contributed by atoms with E-state index in [0.29, 0.717) is 18.4 Å². The summed E-state index contributed by atoms with van der Waals surface area (Å²) >= 11 is 3.55. The summed E-state index contributed by atoms with van der Waals surface area (Å²) in [5.74, 6) is 2.24. The lowest BCUT2D eigenvalue weighted by molar-refractivity contribution is 0.236. The van der Waals surface area contributed by atoms with Crippen LogP contribution < -0.4 is 10.5 Å². The van der Waals surface area contributed by atoms with Crippen LogP contribution in [-0.4, -0.2) is 13.2 Å². The van der Waals surface area contributed by atoms with Gasteiger partial charge in [-0.3, -0.25) is 0 Å². The van der Waals surface area contributed by atoms with Gasteiger partial charge in [0.05, 0.1) is 11.1 Å². The molecule has 0 aliphatic heterocycles. The Kier molecular flexibility index (Phi) is 6.72. The van der Waals surface area contributed by atoms with Gasteiger partial charge >= 0.3 is 0 Å². The van der Waals surface area contributed by atoms with Gasteiger partial charge in [0.2, 0.25) is 0 Å². The van der Waals surface area contributed by atoms with Crippen molar-refractivity contribution in [3.63, 3.8) is 0 Å². The summed E-state index contributed by atoms with van der Waals surface area (Å²) in [5.41, 5.74) is 6.81. The van der Waals surface area contributed by atoms with Crippen LogP contribution in [0.15, 0.2) is 22.7 Å². The van der Waals surface area contributed by atoms with Crippen LogP contribution in [0.1, 0.15) is 32.8 Å². The van der Waals surface area contributed by atoms with Gasteiger partial charge < -0.3 is 10.5 Å². The molecule has 1 aromatic rings. The van der Waals surface area contributed by atoms with Crippen LogP contribution in [0.3, 0.4) is 0 Å². The zero-order valence-corrected chi connectivity index (χ0v) is 13.2. The first-order valence-corrected chi connectivity index (χ1v) is 7.44. The van der Waals surface area contributed by atoms with Crippen LogP contribution in [0, 0.1) is 11.8 Å². The number of halogens is 1. The van der Waals surface area contributed by atoms with Crippen molar-refractivity contribution in [2.45, 2.75) is 33.6 Å². The van der Waals surface area contributed by atoms with Crippen LogP contribution >= 0.6 is 15.9 Å². The molecule has 0 aromatic heterocycles. The van der Waals surface area contributed by atoms with Crippen LogP contribution in [0.25, 0.3) is 0 Å². The Morgan fingerprint density at radius 2 is 2.00 bits per heavy atom. The van der Waals surface area contributed by atoms with E-state index in [2.05, 4.69) is 42.8 Å². The molecule has 3 heteroatoms. The Balaban J connectivity index is 2.65. The lowest BCUT2D eigenvalue weighted by atomic mass is 10.00. The maximum Gasteiger partial charge on any atom is 0.136 e. The standard InChI is InChI=1S/C15H24BrNO/c1-11(2)9-12(3)10-18-15-13(7-8-17)5-4-6-14(15)16/h4-6,11-12H,7-10,17H2,1-3H3. The molecule has 0 radical (unpaired) electrons. The lowest BCUT2D eigenvalue weighted by Crippen LogP contribution is -2.13. The number of hydrogen-bond acceptors (Lipinski definition) is 2. The number of hydrogen-bond donors (Lipinski definition) is 1. The molecule has 0 aliphatic rings. The number of rotatable bonds is 7. The fourth-order valence-electron chi connectivity index (χ4n) is 2.17. The summed E-state index contributed by atoms with van der Waals surface area (Å²) in [7, 11) is 0. The summed E-state index contributed by atoms with van der Waals surface area (Å²) in [6.45, 7) is 8.13. The molecule has 102 valence electrons. The Bertz CT molecular complexity index is 366. The largest absolute Gasteiger partial charge is 0.492 e. The van der Waals surface area contributed by atoms with Gasteiger partial charge in [-0.05, 0) is 58.8 Å². The molecular formula is C15H24BrNO. The van der Waals surface area contributed by atoms with Crippen LogP contribution in [0.4, 0.5) is 0 Å². The van der Waals surface area contributed by atoms with Gasteiger partial charge in [0.1, 0.15) is 5.75 Å². The number of para-hydroxylation sites is 1. The van der Waals surface area contributed by atoms with E-state index in [1.54, 1.807) is 0 Å². The molecule has 0 heterocycles. The molecule has 0 saturated heterocycles. The van der Waals surface area contributed by atoms with Gasteiger partial charge in [0.25, 0.3) is 0 Å². The predicted octanol–water partition coefficient (Wildman–Crippen LogP) is 4.01. The minimum atomic E-state index is 0.572. The zero-order valence-electron chi connectivity index (χ0n) is 11.6. The van der Waals surface area contributed by atoms with E-state index in [-0.39, 0.29) is 0 Å². The van der Waals surface area contributed by atoms with E-state index in [1.807, 2.05) is 12.1 Å². The van der Waals surface area contributed by atoms with Crippen molar-refractivity contribution >= 4 is 15.9 Å². The highest BCUT2D eigenvalue weighted by Gasteiger charge is 2.11. The smallest absolute Gasteiger partial charge is 0.136 e. The topological polar surface area (TPSA) is 35.2 Å². The fraction of sp³-hybridized carbons (Fsp3) is 0.600. The van der Waals surface area contributed by atoms with E-state index in [9.17, 15) is 0 Å². The van der Waals surface area contributed by atoms with Crippen LogP contribution in [0.5, 0.6) is 5.75 Å². The molecule has 2 N–H and O–H groups in total. The molecule has 2 nitrogen and oxygen atoms in total. The van der Waals surface area contributed by atoms with Gasteiger partial charge in [0, 0.05) is 0 Å². The molecule has 1 rings (SSSR count). The molecule has 1 atom stereocenters. The molecule has 0 bridgehead atoms. The second-order valence-corrected chi connectivity index (χ2v) is 6.17. The summed E-state index contributed by atoms with van der Waals surface area (Å²) in [6.07, 6.45) is 2.05. The van der Waals surface area contributed by atoms with E-state index >= 15 is 0 Å². The third-order valence-corrected chi connectivity index (χ3v) is 3.47. The minimum absolute atomic E-state index is 0.572. The molecule has 1 aromatic carbocycles. The van der Waals surface area contributed by atoms with Crippen molar-refractivity contribution in [1.29, 1.82) is 0 Å². The first-order valence-electron chi connectivity index (χ1n) is 6.64. The predicted molar refractivity (Wildman–Crippen MR) is 81.0 cm³/mol. The van der Waals surface area contributed by atoms with E-state index in [0.717, 1.165) is 23.2 Å². The summed E-state index contributed by atoms with van der Waals surface area (Å²) < 4.78 is 7.00. The Labute approximate surface area is 119 Å². The normalized spacial score (nSPS) is 12.8. The molecule has 1 unspecified atom stereocenters. The van der Waals surface area contributed by atoms with Gasteiger partial charge in [-0.25, -0.2) is 0 Å². The van der Waals surface area contributed by atoms with Crippen molar-refractivity contribution < 1.29 is 4.74 Å². The first kappa shape index (κ1) is 15.5. The number of ether oxygens (including phenoxy) is 1. The first-order chi connectivity index (χ1) is 8.54. The maximum atomic E-state index is 5.98. The highest BCUT2D eigenvalue weighted by atomic mass is 79.9. The third kappa shape index (κ3) is 4.99. The Morgan fingerprint density at radius 3 is 2.61 bits per heavy atom. The van der Waals surface area contributed by atoms with Crippen molar-refractivity contribution in [2.75, 3.05) is 13.2 Å². The van der Waals surface area contributed by atoms with Crippen LogP contribution in [-0.2, 0) is 6.42 Å². The molecule has 0 aliphatic carbocycles. The van der Waals surface area contributed by atoms with Crippen molar-refractivity contribution in [3.8, 4) is 5.75 Å². The van der Waals surface area contributed by atoms with E-state index in [4.69, 9.17) is 10.5 Å². The average Bonchev–Trinajstić information content (AvgIpc) is 2.27. The van der Waals surface area contributed by atoms with Gasteiger partial charge in [-0.1, -0.05) is 32.9 Å². The summed E-state index contributed by atoms with van der Waals surface area (Å²) in [5, 5.41) is 0. The molecule has 0 saturated carbocycles. The van der Waals surface area contributed by atoms with Gasteiger partial charge in [0.15, 0.2) is 0 Å². The highest BCUT2D eigenvalue weighted by Crippen LogP contribution is 2.30. The molecule has 18 heavy (non-hydrogen) atoms. The minimum Gasteiger partial charge on any atom is -0.492 e. The SMILES string of the molecule is CC(C)CC(C)COc1c(Br)cccc1CCN. The van der Waals surface area contributed by atoms with Gasteiger partial charge in [-0.15, -0.1) is 0 Å². The van der Waals surface area contributed by atoms with Crippen molar-refractivity contribution in [2.24, 2.45) is 17.6 Å². The third-order valence-electron chi connectivity index (χ3n) is 2.85. The molecule has 0 spiro atoms. The summed E-state index contributed by atoms with van der Waals surface area (Å²) in [6, 6.07) is 6.13. The maximum absolute atomic E-state index is 5.98. The lowest BCUT2D eigenvalue weighted by Gasteiger charge is -2.18. The average molecular weight is 314 g/mol. The zero-order chi connectivity index (χ0) is 13.5.